The van der Waals surface area contributed by atoms with Crippen molar-refractivity contribution in [3.63, 3.8) is 0 Å². The number of hydrogen-bond acceptors (Lipinski definition) is 2. The first-order chi connectivity index (χ1) is 9.45. The molecular formula is C14H11Cl3N2O. The van der Waals surface area contributed by atoms with E-state index in [1.54, 1.807) is 36.4 Å². The smallest absolute Gasteiger partial charge is 0.228 e. The van der Waals surface area contributed by atoms with Gasteiger partial charge in [0, 0.05) is 10.7 Å². The van der Waals surface area contributed by atoms with Crippen molar-refractivity contribution >= 4 is 52.1 Å². The third-order valence-corrected chi connectivity index (χ3v) is 3.52. The van der Waals surface area contributed by atoms with Gasteiger partial charge in [-0.2, -0.15) is 0 Å². The van der Waals surface area contributed by atoms with Crippen LogP contribution in [0.5, 0.6) is 0 Å². The summed E-state index contributed by atoms with van der Waals surface area (Å²) in [6.07, 6.45) is 0.233. The standard InChI is InChI=1S/C14H11Cl3N2O/c15-9-3-1-8(2-4-9)5-13(20)19-10-6-11(16)14(18)12(17)7-10/h1-4,6-7H,5,18H2,(H,19,20). The van der Waals surface area contributed by atoms with E-state index in [9.17, 15) is 4.79 Å². The van der Waals surface area contributed by atoms with Gasteiger partial charge in [-0.15, -0.1) is 0 Å². The minimum Gasteiger partial charge on any atom is -0.396 e. The van der Waals surface area contributed by atoms with Crippen LogP contribution in [0.1, 0.15) is 5.56 Å². The van der Waals surface area contributed by atoms with E-state index in [0.717, 1.165) is 5.56 Å². The van der Waals surface area contributed by atoms with Gasteiger partial charge in [-0.05, 0) is 29.8 Å². The summed E-state index contributed by atoms with van der Waals surface area (Å²) in [5, 5.41) is 3.96. The Labute approximate surface area is 131 Å². The zero-order valence-electron chi connectivity index (χ0n) is 10.3. The maximum absolute atomic E-state index is 11.9. The molecule has 0 bridgehead atoms. The van der Waals surface area contributed by atoms with E-state index >= 15 is 0 Å². The predicted molar refractivity (Wildman–Crippen MR) is 84.7 cm³/mol. The molecule has 0 aromatic heterocycles. The van der Waals surface area contributed by atoms with Gasteiger partial charge in [-0.25, -0.2) is 0 Å². The van der Waals surface area contributed by atoms with Gasteiger partial charge < -0.3 is 11.1 Å². The van der Waals surface area contributed by atoms with Crippen LogP contribution in [-0.4, -0.2) is 5.91 Å². The monoisotopic (exact) mass is 328 g/mol. The van der Waals surface area contributed by atoms with Crippen molar-refractivity contribution in [3.05, 3.63) is 57.0 Å². The molecule has 0 heterocycles. The summed E-state index contributed by atoms with van der Waals surface area (Å²) in [7, 11) is 0. The van der Waals surface area contributed by atoms with Gasteiger partial charge in [-0.1, -0.05) is 46.9 Å². The first-order valence-corrected chi connectivity index (χ1v) is 6.88. The number of carbonyl (C=O) groups excluding carboxylic acids is 1. The number of hydrogen-bond donors (Lipinski definition) is 2. The van der Waals surface area contributed by atoms with Crippen LogP contribution in [0, 0.1) is 0 Å². The normalized spacial score (nSPS) is 10.3. The molecule has 0 aliphatic carbocycles. The van der Waals surface area contributed by atoms with Gasteiger partial charge in [0.25, 0.3) is 0 Å². The molecule has 2 aromatic carbocycles. The summed E-state index contributed by atoms with van der Waals surface area (Å²) in [5.41, 5.74) is 7.29. The van der Waals surface area contributed by atoms with Crippen LogP contribution in [-0.2, 0) is 11.2 Å². The first kappa shape index (κ1) is 15.0. The van der Waals surface area contributed by atoms with Crippen molar-refractivity contribution in [1.82, 2.24) is 0 Å². The largest absolute Gasteiger partial charge is 0.396 e. The Morgan fingerprint density at radius 1 is 1.05 bits per heavy atom. The third-order valence-electron chi connectivity index (χ3n) is 2.64. The average Bonchev–Trinajstić information content (AvgIpc) is 2.38. The molecule has 0 fully saturated rings. The third kappa shape index (κ3) is 3.79. The van der Waals surface area contributed by atoms with Crippen molar-refractivity contribution in [1.29, 1.82) is 0 Å². The average molecular weight is 330 g/mol. The zero-order valence-corrected chi connectivity index (χ0v) is 12.6. The number of amides is 1. The Morgan fingerprint density at radius 2 is 1.60 bits per heavy atom. The second-order valence-corrected chi connectivity index (χ2v) is 5.46. The predicted octanol–water partition coefficient (Wildman–Crippen LogP) is 4.41. The summed E-state index contributed by atoms with van der Waals surface area (Å²) in [6.45, 7) is 0. The van der Waals surface area contributed by atoms with Crippen molar-refractivity contribution in [2.75, 3.05) is 11.1 Å². The highest BCUT2D eigenvalue weighted by Gasteiger charge is 2.08. The lowest BCUT2D eigenvalue weighted by Gasteiger charge is -2.08. The van der Waals surface area contributed by atoms with Crippen LogP contribution >= 0.6 is 34.8 Å². The van der Waals surface area contributed by atoms with E-state index in [-0.39, 0.29) is 12.3 Å². The number of benzene rings is 2. The van der Waals surface area contributed by atoms with Gasteiger partial charge in [-0.3, -0.25) is 4.79 Å². The quantitative estimate of drug-likeness (QED) is 0.819. The molecule has 0 saturated heterocycles. The Morgan fingerprint density at radius 3 is 2.15 bits per heavy atom. The number of rotatable bonds is 3. The summed E-state index contributed by atoms with van der Waals surface area (Å²) in [4.78, 5) is 11.9. The van der Waals surface area contributed by atoms with Crippen molar-refractivity contribution in [2.24, 2.45) is 0 Å². The van der Waals surface area contributed by atoms with E-state index < -0.39 is 0 Å². The number of nitrogens with two attached hydrogens (primary N) is 1. The van der Waals surface area contributed by atoms with Crippen LogP contribution in [0.3, 0.4) is 0 Å². The lowest BCUT2D eigenvalue weighted by atomic mass is 10.1. The summed E-state index contributed by atoms with van der Waals surface area (Å²) >= 11 is 17.6. The number of anilines is 2. The molecule has 0 atom stereocenters. The second kappa shape index (κ2) is 6.35. The number of carbonyl (C=O) groups is 1. The molecule has 2 rings (SSSR count). The SMILES string of the molecule is Nc1c(Cl)cc(NC(=O)Cc2ccc(Cl)cc2)cc1Cl. The molecule has 0 aliphatic heterocycles. The molecule has 20 heavy (non-hydrogen) atoms. The van der Waals surface area contributed by atoms with Crippen molar-refractivity contribution in [3.8, 4) is 0 Å². The lowest BCUT2D eigenvalue weighted by Crippen LogP contribution is -2.14. The van der Waals surface area contributed by atoms with Gasteiger partial charge in [0.05, 0.1) is 22.2 Å². The second-order valence-electron chi connectivity index (χ2n) is 4.20. The number of nitrogen functional groups attached to an aromatic ring is 1. The molecule has 104 valence electrons. The van der Waals surface area contributed by atoms with E-state index in [4.69, 9.17) is 40.5 Å². The highest BCUT2D eigenvalue weighted by Crippen LogP contribution is 2.31. The summed E-state index contributed by atoms with van der Waals surface area (Å²) in [5.74, 6) is -0.177. The van der Waals surface area contributed by atoms with Crippen LogP contribution in [0.15, 0.2) is 36.4 Å². The topological polar surface area (TPSA) is 55.1 Å². The Bertz CT molecular complexity index is 618. The van der Waals surface area contributed by atoms with Crippen molar-refractivity contribution < 1.29 is 4.79 Å². The fraction of sp³-hybridized carbons (Fsp3) is 0.0714. The van der Waals surface area contributed by atoms with E-state index in [2.05, 4.69) is 5.32 Å². The maximum atomic E-state index is 11.9. The molecule has 1 amide bonds. The lowest BCUT2D eigenvalue weighted by molar-refractivity contribution is -0.115. The molecule has 0 unspecified atom stereocenters. The summed E-state index contributed by atoms with van der Waals surface area (Å²) < 4.78 is 0. The molecule has 3 nitrogen and oxygen atoms in total. The Hall–Kier alpha value is -1.42. The van der Waals surface area contributed by atoms with Gasteiger partial charge >= 0.3 is 0 Å². The number of halogens is 3. The highest BCUT2D eigenvalue weighted by molar-refractivity contribution is 6.39. The van der Waals surface area contributed by atoms with E-state index in [1.807, 2.05) is 0 Å². The zero-order chi connectivity index (χ0) is 14.7. The molecule has 3 N–H and O–H groups in total. The Balaban J connectivity index is 2.06. The van der Waals surface area contributed by atoms with Gasteiger partial charge in [0.1, 0.15) is 0 Å². The van der Waals surface area contributed by atoms with Gasteiger partial charge in [0.15, 0.2) is 0 Å². The fourth-order valence-electron chi connectivity index (χ4n) is 1.65. The number of nitrogens with one attached hydrogen (secondary N) is 1. The molecule has 0 aliphatic rings. The minimum atomic E-state index is -0.177. The van der Waals surface area contributed by atoms with Crippen LogP contribution < -0.4 is 11.1 Å². The Kier molecular flexibility index (Phi) is 4.76. The minimum absolute atomic E-state index is 0.177. The fourth-order valence-corrected chi connectivity index (χ4v) is 2.26. The summed E-state index contributed by atoms with van der Waals surface area (Å²) in [6, 6.07) is 10.2. The molecule has 6 heteroatoms. The molecule has 0 spiro atoms. The van der Waals surface area contributed by atoms with E-state index in [0.29, 0.717) is 26.4 Å². The van der Waals surface area contributed by atoms with Crippen molar-refractivity contribution in [2.45, 2.75) is 6.42 Å². The van der Waals surface area contributed by atoms with Gasteiger partial charge in [0.2, 0.25) is 5.91 Å². The molecule has 0 radical (unpaired) electrons. The van der Waals surface area contributed by atoms with Crippen LogP contribution in [0.4, 0.5) is 11.4 Å². The highest BCUT2D eigenvalue weighted by atomic mass is 35.5. The molecule has 0 saturated carbocycles. The maximum Gasteiger partial charge on any atom is 0.228 e. The van der Waals surface area contributed by atoms with Crippen LogP contribution in [0.2, 0.25) is 15.1 Å². The first-order valence-electron chi connectivity index (χ1n) is 5.74. The van der Waals surface area contributed by atoms with Crippen LogP contribution in [0.25, 0.3) is 0 Å². The van der Waals surface area contributed by atoms with E-state index in [1.165, 1.54) is 0 Å². The molecule has 2 aromatic rings. The molecular weight excluding hydrogens is 319 g/mol.